The smallest absolute Gasteiger partial charge is 0.306 e. The highest BCUT2D eigenvalue weighted by Crippen LogP contribution is 2.30. The number of carbonyl (C=O) groups is 1. The van der Waals surface area contributed by atoms with Crippen molar-refractivity contribution in [2.75, 3.05) is 6.61 Å². The molecule has 3 heterocycles. The Morgan fingerprint density at radius 3 is 1.81 bits per heavy atom. The van der Waals surface area contributed by atoms with Gasteiger partial charge in [0.25, 0.3) is 0 Å². The molecule has 0 saturated carbocycles. The van der Waals surface area contributed by atoms with Gasteiger partial charge in [-0.25, -0.2) is 0 Å². The maximum Gasteiger partial charge on any atom is 0.306 e. The van der Waals surface area contributed by atoms with Gasteiger partial charge in [0, 0.05) is 6.42 Å². The van der Waals surface area contributed by atoms with Crippen LogP contribution in [0.3, 0.4) is 0 Å². The van der Waals surface area contributed by atoms with E-state index in [-0.39, 0.29) is 30.7 Å². The van der Waals surface area contributed by atoms with Crippen molar-refractivity contribution in [2.24, 2.45) is 11.8 Å². The minimum absolute atomic E-state index is 0.00545. The predicted molar refractivity (Wildman–Crippen MR) is 196 cm³/mol. The van der Waals surface area contributed by atoms with Crippen molar-refractivity contribution in [2.45, 2.75) is 230 Å². The van der Waals surface area contributed by atoms with E-state index in [1.54, 1.807) is 0 Å². The van der Waals surface area contributed by atoms with Gasteiger partial charge in [-0.05, 0) is 44.4 Å². The lowest BCUT2D eigenvalue weighted by atomic mass is 9.90. The molecule has 3 saturated heterocycles. The van der Waals surface area contributed by atoms with Gasteiger partial charge in [-0.1, -0.05) is 117 Å². The van der Waals surface area contributed by atoms with Gasteiger partial charge in [-0.2, -0.15) is 0 Å². The molecular weight excluding hydrogens is 672 g/mol. The topological polar surface area (TPSA) is 185 Å². The van der Waals surface area contributed by atoms with Crippen molar-refractivity contribution in [3.8, 4) is 0 Å². The van der Waals surface area contributed by atoms with E-state index >= 15 is 0 Å². The van der Waals surface area contributed by atoms with Gasteiger partial charge < -0.3 is 54.3 Å². The first-order valence-electron chi connectivity index (χ1n) is 20.8. The molecule has 0 aromatic heterocycles. The van der Waals surface area contributed by atoms with Crippen molar-refractivity contribution in [1.82, 2.24) is 0 Å². The first kappa shape index (κ1) is 45.5. The fraction of sp³-hybridized carbons (Fsp3) is 0.975. The number of aliphatic hydroxyl groups excluding tert-OH is 6. The summed E-state index contributed by atoms with van der Waals surface area (Å²) in [5.41, 5.74) is 0. The molecule has 0 bridgehead atoms. The Bertz CT molecular complexity index is 956. The molecule has 3 rings (SSSR count). The average Bonchev–Trinajstić information content (AvgIpc) is 3.13. The molecule has 306 valence electrons. The van der Waals surface area contributed by atoms with Crippen LogP contribution in [0.1, 0.15) is 156 Å². The predicted octanol–water partition coefficient (Wildman–Crippen LogP) is 5.04. The standard InChI is InChI=1S/C40H74O12/c1-5-26(3)30(51-40-38(47)36(45)34(43)31(52-40)25-48-39-37(46)35(44)33(42)27(4)49-39)22-20-18-16-14-12-10-8-7-9-11-13-15-17-19-21-29-23-28(6-2)24-32(41)50-29/h26-31,33-40,42-47H,5-25H2,1-4H3/t26?,27-,28?,29?,30?,31+,33-,34+,35+,36-,37+,38+,39+,40+/m0/s1. The molecule has 12 nitrogen and oxygen atoms in total. The highest BCUT2D eigenvalue weighted by molar-refractivity contribution is 5.70. The van der Waals surface area contributed by atoms with Crippen molar-refractivity contribution >= 4 is 5.97 Å². The summed E-state index contributed by atoms with van der Waals surface area (Å²) in [6.07, 6.45) is 9.44. The van der Waals surface area contributed by atoms with Crippen LogP contribution in [0.5, 0.6) is 0 Å². The van der Waals surface area contributed by atoms with Crippen LogP contribution in [-0.2, 0) is 28.5 Å². The third kappa shape index (κ3) is 15.0. The normalized spacial score (nSPS) is 35.3. The molecule has 12 heteroatoms. The van der Waals surface area contributed by atoms with Gasteiger partial charge in [0.15, 0.2) is 12.6 Å². The summed E-state index contributed by atoms with van der Waals surface area (Å²) in [5.74, 6) is 0.693. The minimum Gasteiger partial charge on any atom is -0.462 e. The maximum atomic E-state index is 11.7. The molecule has 52 heavy (non-hydrogen) atoms. The summed E-state index contributed by atoms with van der Waals surface area (Å²) in [7, 11) is 0. The summed E-state index contributed by atoms with van der Waals surface area (Å²) in [4.78, 5) is 11.7. The van der Waals surface area contributed by atoms with Gasteiger partial charge in [-0.15, -0.1) is 0 Å². The van der Waals surface area contributed by atoms with Crippen molar-refractivity contribution in [1.29, 1.82) is 0 Å². The zero-order valence-electron chi connectivity index (χ0n) is 32.6. The van der Waals surface area contributed by atoms with Gasteiger partial charge in [0.1, 0.15) is 48.8 Å². The summed E-state index contributed by atoms with van der Waals surface area (Å²) >= 11 is 0. The van der Waals surface area contributed by atoms with Gasteiger partial charge in [0.2, 0.25) is 0 Å². The van der Waals surface area contributed by atoms with Gasteiger partial charge >= 0.3 is 5.97 Å². The Balaban J connectivity index is 1.23. The third-order valence-electron chi connectivity index (χ3n) is 11.7. The molecule has 0 radical (unpaired) electrons. The second-order valence-corrected chi connectivity index (χ2v) is 15.9. The van der Waals surface area contributed by atoms with Crippen LogP contribution < -0.4 is 0 Å². The van der Waals surface area contributed by atoms with Crippen molar-refractivity contribution < 1.29 is 59.1 Å². The number of hydrogen-bond acceptors (Lipinski definition) is 12. The van der Waals surface area contributed by atoms with Crippen LogP contribution in [0.2, 0.25) is 0 Å². The third-order valence-corrected chi connectivity index (χ3v) is 11.7. The zero-order chi connectivity index (χ0) is 38.0. The second-order valence-electron chi connectivity index (χ2n) is 15.9. The van der Waals surface area contributed by atoms with Crippen molar-refractivity contribution in [3.63, 3.8) is 0 Å². The highest BCUT2D eigenvalue weighted by Gasteiger charge is 2.47. The molecular formula is C40H74O12. The molecule has 4 unspecified atom stereocenters. The zero-order valence-corrected chi connectivity index (χ0v) is 32.6. The maximum absolute atomic E-state index is 11.7. The fourth-order valence-electron chi connectivity index (χ4n) is 7.73. The quantitative estimate of drug-likeness (QED) is 0.0541. The van der Waals surface area contributed by atoms with E-state index < -0.39 is 61.4 Å². The van der Waals surface area contributed by atoms with E-state index in [9.17, 15) is 35.4 Å². The number of hydrogen-bond donors (Lipinski definition) is 6. The summed E-state index contributed by atoms with van der Waals surface area (Å²) in [6.45, 7) is 7.57. The number of unbranched alkanes of at least 4 members (excludes halogenated alkanes) is 13. The lowest BCUT2D eigenvalue weighted by molar-refractivity contribution is -0.335. The Labute approximate surface area is 312 Å². The molecule has 0 aliphatic carbocycles. The number of cyclic esters (lactones) is 1. The molecule has 3 aliphatic rings. The molecule has 0 spiro atoms. The lowest BCUT2D eigenvalue weighted by Crippen LogP contribution is -2.61. The van der Waals surface area contributed by atoms with Crippen LogP contribution in [0.4, 0.5) is 0 Å². The van der Waals surface area contributed by atoms with Crippen LogP contribution in [0, 0.1) is 11.8 Å². The van der Waals surface area contributed by atoms with E-state index in [0.717, 1.165) is 51.4 Å². The lowest BCUT2D eigenvalue weighted by Gasteiger charge is -2.43. The summed E-state index contributed by atoms with van der Waals surface area (Å²) in [6, 6.07) is 0. The Morgan fingerprint density at radius 1 is 0.692 bits per heavy atom. The van der Waals surface area contributed by atoms with Crippen LogP contribution in [-0.4, -0.2) is 117 Å². The summed E-state index contributed by atoms with van der Waals surface area (Å²) in [5, 5.41) is 62.2. The number of aliphatic hydroxyl groups is 6. The molecule has 3 fully saturated rings. The largest absolute Gasteiger partial charge is 0.462 e. The molecule has 0 aromatic rings. The Morgan fingerprint density at radius 2 is 1.23 bits per heavy atom. The molecule has 6 N–H and O–H groups in total. The van der Waals surface area contributed by atoms with E-state index in [2.05, 4.69) is 20.8 Å². The monoisotopic (exact) mass is 747 g/mol. The van der Waals surface area contributed by atoms with Crippen LogP contribution in [0.25, 0.3) is 0 Å². The van der Waals surface area contributed by atoms with Crippen LogP contribution >= 0.6 is 0 Å². The number of esters is 1. The highest BCUT2D eigenvalue weighted by atomic mass is 16.7. The second kappa shape index (κ2) is 24.6. The Kier molecular flexibility index (Phi) is 21.5. The van der Waals surface area contributed by atoms with E-state index in [1.807, 2.05) is 0 Å². The average molecular weight is 747 g/mol. The van der Waals surface area contributed by atoms with Crippen molar-refractivity contribution in [3.05, 3.63) is 0 Å². The number of carbonyl (C=O) groups excluding carboxylic acids is 1. The van der Waals surface area contributed by atoms with E-state index in [1.165, 1.54) is 77.6 Å². The molecule has 0 amide bonds. The first-order valence-corrected chi connectivity index (χ1v) is 20.8. The first-order chi connectivity index (χ1) is 25.0. The molecule has 0 aromatic carbocycles. The van der Waals surface area contributed by atoms with Crippen LogP contribution in [0.15, 0.2) is 0 Å². The molecule has 14 atom stereocenters. The summed E-state index contributed by atoms with van der Waals surface area (Å²) < 4.78 is 28.7. The molecule has 3 aliphatic heterocycles. The Hall–Kier alpha value is -0.930. The van der Waals surface area contributed by atoms with E-state index in [0.29, 0.717) is 12.3 Å². The van der Waals surface area contributed by atoms with Gasteiger partial charge in [0.05, 0.1) is 18.8 Å². The fourth-order valence-corrected chi connectivity index (χ4v) is 7.73. The minimum atomic E-state index is -1.53. The SMILES string of the molecule is CCC1CC(=O)OC(CCCCCCCCCCCCCCCCC(O[C@@H]2O[C@H](CO[C@@H]3O[C@@H](C)[C@H](O)[C@@H](O)[C@H]3O)[C@@H](O)[C@H](O)[C@H]2O)C(C)CC)C1. The van der Waals surface area contributed by atoms with E-state index in [4.69, 9.17) is 23.7 Å². The number of rotatable bonds is 25. The number of ether oxygens (including phenoxy) is 5. The van der Waals surface area contributed by atoms with Gasteiger partial charge in [-0.3, -0.25) is 4.79 Å².